The van der Waals surface area contributed by atoms with Gasteiger partial charge in [0, 0.05) is 33.0 Å². The summed E-state index contributed by atoms with van der Waals surface area (Å²) < 4.78 is 6.66. The number of rotatable bonds is 6. The fourth-order valence-corrected chi connectivity index (χ4v) is 3.19. The van der Waals surface area contributed by atoms with Crippen molar-refractivity contribution in [2.45, 2.75) is 31.3 Å². The number of hydrogen-bond acceptors (Lipinski definition) is 4. The SMILES string of the molecule is CNC(=O)C[C@@]1(COC)CCCN1C(=O)Cn1ccccc1=O. The van der Waals surface area contributed by atoms with E-state index in [1.807, 2.05) is 0 Å². The summed E-state index contributed by atoms with van der Waals surface area (Å²) in [6.45, 7) is 0.843. The van der Waals surface area contributed by atoms with Gasteiger partial charge in [-0.15, -0.1) is 0 Å². The van der Waals surface area contributed by atoms with Crippen molar-refractivity contribution in [3.05, 3.63) is 34.7 Å². The number of pyridine rings is 1. The van der Waals surface area contributed by atoms with Crippen molar-refractivity contribution in [2.75, 3.05) is 27.3 Å². The van der Waals surface area contributed by atoms with E-state index in [0.29, 0.717) is 19.6 Å². The lowest BCUT2D eigenvalue weighted by molar-refractivity contribution is -0.140. The van der Waals surface area contributed by atoms with E-state index in [9.17, 15) is 14.4 Å². The average Bonchev–Trinajstić information content (AvgIpc) is 2.93. The van der Waals surface area contributed by atoms with Crippen molar-refractivity contribution in [3.63, 3.8) is 0 Å². The predicted molar refractivity (Wildman–Crippen MR) is 84.9 cm³/mol. The van der Waals surface area contributed by atoms with E-state index < -0.39 is 5.54 Å². The molecule has 1 fully saturated rings. The monoisotopic (exact) mass is 321 g/mol. The molecule has 0 bridgehead atoms. The number of hydrogen-bond donors (Lipinski definition) is 1. The number of aromatic nitrogens is 1. The van der Waals surface area contributed by atoms with Crippen LogP contribution in [0, 0.1) is 0 Å². The van der Waals surface area contributed by atoms with Crippen LogP contribution in [0.1, 0.15) is 19.3 Å². The number of ether oxygens (including phenoxy) is 1. The van der Waals surface area contributed by atoms with Gasteiger partial charge in [-0.3, -0.25) is 14.4 Å². The number of nitrogens with zero attached hydrogens (tertiary/aromatic N) is 2. The predicted octanol–water partition coefficient (Wildman–Crippen LogP) is -0.00800. The van der Waals surface area contributed by atoms with E-state index in [1.54, 1.807) is 37.4 Å². The minimum Gasteiger partial charge on any atom is -0.382 e. The third-order valence-corrected chi connectivity index (χ3v) is 4.28. The van der Waals surface area contributed by atoms with Crippen molar-refractivity contribution in [2.24, 2.45) is 0 Å². The smallest absolute Gasteiger partial charge is 0.250 e. The lowest BCUT2D eigenvalue weighted by Crippen LogP contribution is -2.53. The fraction of sp³-hybridized carbons (Fsp3) is 0.562. The van der Waals surface area contributed by atoms with Crippen LogP contribution in [0.2, 0.25) is 0 Å². The Labute approximate surface area is 135 Å². The summed E-state index contributed by atoms with van der Waals surface area (Å²) in [5.74, 6) is -0.296. The highest BCUT2D eigenvalue weighted by Crippen LogP contribution is 2.33. The topological polar surface area (TPSA) is 80.6 Å². The first-order chi connectivity index (χ1) is 11.0. The van der Waals surface area contributed by atoms with Crippen molar-refractivity contribution < 1.29 is 14.3 Å². The molecule has 2 heterocycles. The Kier molecular flexibility index (Phi) is 5.54. The van der Waals surface area contributed by atoms with E-state index >= 15 is 0 Å². The van der Waals surface area contributed by atoms with Crippen LogP contribution < -0.4 is 10.9 Å². The standard InChI is InChI=1S/C16H23N3O4/c1-17-13(20)10-16(12-23-2)7-5-9-19(16)15(22)11-18-8-4-3-6-14(18)21/h3-4,6,8H,5,7,9-12H2,1-2H3,(H,17,20)/t16-/m1/s1. The molecule has 1 aromatic heterocycles. The normalized spacial score (nSPS) is 20.5. The molecule has 0 aromatic carbocycles. The van der Waals surface area contributed by atoms with Gasteiger partial charge in [-0.2, -0.15) is 0 Å². The summed E-state index contributed by atoms with van der Waals surface area (Å²) in [5, 5.41) is 2.61. The maximum atomic E-state index is 12.7. The molecule has 126 valence electrons. The van der Waals surface area contributed by atoms with Crippen LogP contribution in [0.4, 0.5) is 0 Å². The van der Waals surface area contributed by atoms with Gasteiger partial charge in [-0.1, -0.05) is 6.07 Å². The molecule has 1 saturated heterocycles. The van der Waals surface area contributed by atoms with Crippen LogP contribution in [-0.4, -0.2) is 54.1 Å². The van der Waals surface area contributed by atoms with E-state index in [4.69, 9.17) is 4.74 Å². The number of likely N-dealkylation sites (tertiary alicyclic amines) is 1. The highest BCUT2D eigenvalue weighted by atomic mass is 16.5. The zero-order valence-corrected chi connectivity index (χ0v) is 13.6. The number of amides is 2. The zero-order chi connectivity index (χ0) is 16.9. The van der Waals surface area contributed by atoms with Gasteiger partial charge in [-0.25, -0.2) is 0 Å². The van der Waals surface area contributed by atoms with Gasteiger partial charge in [-0.05, 0) is 18.9 Å². The number of carbonyl (C=O) groups is 2. The third-order valence-electron chi connectivity index (χ3n) is 4.28. The van der Waals surface area contributed by atoms with Gasteiger partial charge in [0.15, 0.2) is 0 Å². The third kappa shape index (κ3) is 3.79. The highest BCUT2D eigenvalue weighted by molar-refractivity contribution is 5.81. The number of nitrogens with one attached hydrogen (secondary N) is 1. The van der Waals surface area contributed by atoms with Crippen LogP contribution in [0.25, 0.3) is 0 Å². The molecule has 2 rings (SSSR count). The molecule has 0 aliphatic carbocycles. The molecule has 0 radical (unpaired) electrons. The van der Waals surface area contributed by atoms with Crippen molar-refractivity contribution >= 4 is 11.8 Å². The van der Waals surface area contributed by atoms with Crippen LogP contribution in [0.5, 0.6) is 0 Å². The molecule has 7 heteroatoms. The van der Waals surface area contributed by atoms with Gasteiger partial charge in [0.2, 0.25) is 11.8 Å². The summed E-state index contributed by atoms with van der Waals surface area (Å²) in [7, 11) is 3.14. The van der Waals surface area contributed by atoms with Crippen molar-refractivity contribution in [3.8, 4) is 0 Å². The lowest BCUT2D eigenvalue weighted by Gasteiger charge is -2.37. The number of methoxy groups -OCH3 is 1. The van der Waals surface area contributed by atoms with Crippen molar-refractivity contribution in [1.29, 1.82) is 0 Å². The van der Waals surface area contributed by atoms with E-state index in [0.717, 1.165) is 6.42 Å². The molecule has 2 amide bonds. The first kappa shape index (κ1) is 17.2. The summed E-state index contributed by atoms with van der Waals surface area (Å²) in [6, 6.07) is 4.77. The highest BCUT2D eigenvalue weighted by Gasteiger charge is 2.45. The molecule has 0 spiro atoms. The zero-order valence-electron chi connectivity index (χ0n) is 13.6. The van der Waals surface area contributed by atoms with Gasteiger partial charge < -0.3 is 19.5 Å². The van der Waals surface area contributed by atoms with Gasteiger partial charge in [0.1, 0.15) is 6.54 Å². The van der Waals surface area contributed by atoms with Crippen molar-refractivity contribution in [1.82, 2.24) is 14.8 Å². The Balaban J connectivity index is 2.20. The number of carbonyl (C=O) groups excluding carboxylic acids is 2. The van der Waals surface area contributed by atoms with Crippen LogP contribution in [-0.2, 0) is 20.9 Å². The minimum absolute atomic E-state index is 0.0289. The Morgan fingerprint density at radius 2 is 2.17 bits per heavy atom. The molecule has 1 aromatic rings. The Morgan fingerprint density at radius 3 is 2.83 bits per heavy atom. The van der Waals surface area contributed by atoms with Gasteiger partial charge in [0.05, 0.1) is 18.6 Å². The fourth-order valence-electron chi connectivity index (χ4n) is 3.19. The quantitative estimate of drug-likeness (QED) is 0.799. The minimum atomic E-state index is -0.635. The van der Waals surface area contributed by atoms with Crippen LogP contribution >= 0.6 is 0 Å². The molecular weight excluding hydrogens is 298 g/mol. The molecule has 1 N–H and O–H groups in total. The largest absolute Gasteiger partial charge is 0.382 e. The second kappa shape index (κ2) is 7.41. The van der Waals surface area contributed by atoms with E-state index in [-0.39, 0.29) is 30.3 Å². The summed E-state index contributed by atoms with van der Waals surface area (Å²) in [5.41, 5.74) is -0.853. The Morgan fingerprint density at radius 1 is 1.39 bits per heavy atom. The summed E-state index contributed by atoms with van der Waals surface area (Å²) in [6.07, 6.45) is 3.32. The Bertz CT molecular complexity index is 628. The molecule has 1 aliphatic heterocycles. The molecule has 7 nitrogen and oxygen atoms in total. The maximum absolute atomic E-state index is 12.7. The second-order valence-corrected chi connectivity index (χ2v) is 5.82. The van der Waals surface area contributed by atoms with Crippen LogP contribution in [0.3, 0.4) is 0 Å². The molecular formula is C16H23N3O4. The molecule has 0 saturated carbocycles. The van der Waals surface area contributed by atoms with Gasteiger partial charge >= 0.3 is 0 Å². The van der Waals surface area contributed by atoms with Gasteiger partial charge in [0.25, 0.3) is 5.56 Å². The average molecular weight is 321 g/mol. The first-order valence-electron chi connectivity index (χ1n) is 7.68. The molecule has 0 unspecified atom stereocenters. The first-order valence-corrected chi connectivity index (χ1v) is 7.68. The lowest BCUT2D eigenvalue weighted by atomic mass is 9.92. The molecule has 23 heavy (non-hydrogen) atoms. The Hall–Kier alpha value is -2.15. The van der Waals surface area contributed by atoms with E-state index in [1.165, 1.54) is 10.6 Å². The second-order valence-electron chi connectivity index (χ2n) is 5.82. The molecule has 1 atom stereocenters. The summed E-state index contributed by atoms with van der Waals surface area (Å²) >= 11 is 0. The van der Waals surface area contributed by atoms with E-state index in [2.05, 4.69) is 5.32 Å². The van der Waals surface area contributed by atoms with Crippen LogP contribution in [0.15, 0.2) is 29.2 Å². The summed E-state index contributed by atoms with van der Waals surface area (Å²) in [4.78, 5) is 38.1. The molecule has 1 aliphatic rings. The maximum Gasteiger partial charge on any atom is 0.250 e.